The van der Waals surface area contributed by atoms with Gasteiger partial charge in [0.1, 0.15) is 5.75 Å². The predicted octanol–water partition coefficient (Wildman–Crippen LogP) is 4.50. The van der Waals surface area contributed by atoms with Crippen molar-refractivity contribution in [2.24, 2.45) is 5.10 Å². The molecule has 0 unspecified atom stereocenters. The fourth-order valence-corrected chi connectivity index (χ4v) is 2.44. The van der Waals surface area contributed by atoms with Crippen molar-refractivity contribution < 1.29 is 9.53 Å². The van der Waals surface area contributed by atoms with Crippen molar-refractivity contribution in [2.75, 3.05) is 0 Å². The summed E-state index contributed by atoms with van der Waals surface area (Å²) in [6.07, 6.45) is -0.0729. The van der Waals surface area contributed by atoms with Crippen LogP contribution in [0.25, 0.3) is 0 Å². The van der Waals surface area contributed by atoms with Crippen molar-refractivity contribution in [3.63, 3.8) is 0 Å². The van der Waals surface area contributed by atoms with Crippen LogP contribution in [0.4, 0.5) is 0 Å². The van der Waals surface area contributed by atoms with Crippen molar-refractivity contribution in [1.29, 1.82) is 0 Å². The number of rotatable bonds is 6. The number of halogens is 2. The molecule has 0 spiro atoms. The Hall–Kier alpha value is -2.04. The maximum atomic E-state index is 12.1. The summed E-state index contributed by atoms with van der Waals surface area (Å²) in [7, 11) is 0. The zero-order valence-corrected chi connectivity index (χ0v) is 14.9. The maximum Gasteiger partial charge on any atom is 0.280 e. The van der Waals surface area contributed by atoms with Crippen LogP contribution in [0, 0.1) is 0 Å². The second kappa shape index (κ2) is 8.71. The van der Waals surface area contributed by atoms with E-state index in [1.807, 2.05) is 37.3 Å². The molecule has 0 aliphatic heterocycles. The molecule has 0 aromatic heterocycles. The Balaban J connectivity index is 1.90. The van der Waals surface area contributed by atoms with Crippen molar-refractivity contribution in [3.8, 4) is 5.75 Å². The Kier molecular flexibility index (Phi) is 6.64. The molecule has 2 aromatic carbocycles. The quantitative estimate of drug-likeness (QED) is 0.606. The Morgan fingerprint density at radius 3 is 2.58 bits per heavy atom. The Labute approximate surface area is 151 Å². The molecule has 2 rings (SSSR count). The summed E-state index contributed by atoms with van der Waals surface area (Å²) >= 11 is 11.9. The molecule has 0 bridgehead atoms. The van der Waals surface area contributed by atoms with Gasteiger partial charge in [0.15, 0.2) is 6.10 Å². The Bertz CT molecular complexity index is 733. The second-order valence-electron chi connectivity index (χ2n) is 5.32. The third kappa shape index (κ3) is 5.55. The number of nitrogens with zero attached hydrogens (tertiary/aromatic N) is 1. The molecule has 4 nitrogen and oxygen atoms in total. The Morgan fingerprint density at radius 2 is 1.92 bits per heavy atom. The molecule has 2 aromatic rings. The summed E-state index contributed by atoms with van der Waals surface area (Å²) in [5.41, 5.74) is 4.44. The van der Waals surface area contributed by atoms with Crippen LogP contribution in [-0.2, 0) is 11.2 Å². The minimum Gasteiger partial charge on any atom is -0.479 e. The van der Waals surface area contributed by atoms with Gasteiger partial charge in [-0.3, -0.25) is 4.79 Å². The molecule has 1 atom stereocenters. The zero-order valence-electron chi connectivity index (χ0n) is 13.4. The summed E-state index contributed by atoms with van der Waals surface area (Å²) in [5, 5.41) is 4.96. The monoisotopic (exact) mass is 364 g/mol. The average molecular weight is 365 g/mol. The van der Waals surface area contributed by atoms with Crippen molar-refractivity contribution in [2.45, 2.75) is 26.4 Å². The summed E-state index contributed by atoms with van der Waals surface area (Å²) in [6, 6.07) is 14.7. The molecule has 6 heteroatoms. The number of hydrogen-bond donors (Lipinski definition) is 1. The summed E-state index contributed by atoms with van der Waals surface area (Å²) < 4.78 is 5.54. The first-order valence-corrected chi connectivity index (χ1v) is 8.20. The minimum absolute atomic E-state index is 0.353. The van der Waals surface area contributed by atoms with Crippen molar-refractivity contribution >= 4 is 34.8 Å². The van der Waals surface area contributed by atoms with Gasteiger partial charge in [0.25, 0.3) is 5.91 Å². The van der Waals surface area contributed by atoms with Gasteiger partial charge in [-0.1, -0.05) is 53.5 Å². The van der Waals surface area contributed by atoms with Crippen LogP contribution in [0.5, 0.6) is 5.75 Å². The van der Waals surface area contributed by atoms with Crippen LogP contribution in [0.3, 0.4) is 0 Å². The lowest BCUT2D eigenvalue weighted by atomic mass is 10.1. The van der Waals surface area contributed by atoms with E-state index >= 15 is 0 Å². The molecule has 24 heavy (non-hydrogen) atoms. The van der Waals surface area contributed by atoms with Crippen LogP contribution in [0.2, 0.25) is 10.0 Å². The number of hydrogen-bond acceptors (Lipinski definition) is 3. The summed E-state index contributed by atoms with van der Waals surface area (Å²) in [6.45, 7) is 3.48. The van der Waals surface area contributed by atoms with E-state index in [2.05, 4.69) is 10.5 Å². The van der Waals surface area contributed by atoms with Gasteiger partial charge in [0.05, 0.1) is 5.02 Å². The summed E-state index contributed by atoms with van der Waals surface area (Å²) in [4.78, 5) is 12.1. The van der Waals surface area contributed by atoms with E-state index in [-0.39, 0.29) is 5.91 Å². The smallest absolute Gasteiger partial charge is 0.280 e. The molecule has 0 aliphatic rings. The second-order valence-corrected chi connectivity index (χ2v) is 6.16. The Morgan fingerprint density at radius 1 is 1.21 bits per heavy atom. The maximum absolute atomic E-state index is 12.1. The van der Waals surface area contributed by atoms with E-state index in [1.165, 1.54) is 0 Å². The average Bonchev–Trinajstić information content (AvgIpc) is 2.56. The number of carbonyl (C=O) groups is 1. The normalized spacial score (nSPS) is 12.6. The third-order valence-electron chi connectivity index (χ3n) is 3.23. The number of carbonyl (C=O) groups excluding carboxylic acids is 1. The van der Waals surface area contributed by atoms with Gasteiger partial charge in [-0.2, -0.15) is 5.10 Å². The molecule has 0 heterocycles. The van der Waals surface area contributed by atoms with Gasteiger partial charge in [-0.05, 0) is 37.6 Å². The first-order chi connectivity index (χ1) is 11.5. The topological polar surface area (TPSA) is 50.7 Å². The van der Waals surface area contributed by atoms with Gasteiger partial charge >= 0.3 is 0 Å². The first kappa shape index (κ1) is 18.3. The van der Waals surface area contributed by atoms with Crippen LogP contribution < -0.4 is 10.2 Å². The van der Waals surface area contributed by atoms with Crippen molar-refractivity contribution in [1.82, 2.24) is 5.43 Å². The molecule has 0 saturated heterocycles. The molecule has 0 radical (unpaired) electrons. The third-order valence-corrected chi connectivity index (χ3v) is 3.76. The van der Waals surface area contributed by atoms with E-state index in [0.29, 0.717) is 22.2 Å². The molecule has 0 fully saturated rings. The SMILES string of the molecule is C/C(Cc1ccccc1)=N/NC(=O)[C@@H](C)Oc1ccc(Cl)cc1Cl. The zero-order chi connectivity index (χ0) is 17.5. The molecule has 0 saturated carbocycles. The molecular formula is C18H18Cl2N2O2. The highest BCUT2D eigenvalue weighted by Crippen LogP contribution is 2.28. The van der Waals surface area contributed by atoms with Crippen LogP contribution in [0.1, 0.15) is 19.4 Å². The highest BCUT2D eigenvalue weighted by atomic mass is 35.5. The fraction of sp³-hybridized carbons (Fsp3) is 0.222. The van der Waals surface area contributed by atoms with E-state index in [4.69, 9.17) is 27.9 Å². The molecule has 126 valence electrons. The van der Waals surface area contributed by atoms with Crippen molar-refractivity contribution in [3.05, 3.63) is 64.1 Å². The first-order valence-electron chi connectivity index (χ1n) is 7.44. The van der Waals surface area contributed by atoms with E-state index < -0.39 is 6.10 Å². The highest BCUT2D eigenvalue weighted by Gasteiger charge is 2.16. The van der Waals surface area contributed by atoms with E-state index in [1.54, 1.807) is 25.1 Å². The van der Waals surface area contributed by atoms with Gasteiger partial charge in [0.2, 0.25) is 0 Å². The van der Waals surface area contributed by atoms with Crippen LogP contribution >= 0.6 is 23.2 Å². The van der Waals surface area contributed by atoms with Gasteiger partial charge in [-0.15, -0.1) is 0 Å². The van der Waals surface area contributed by atoms with Gasteiger partial charge in [0, 0.05) is 17.2 Å². The number of nitrogens with one attached hydrogen (secondary N) is 1. The minimum atomic E-state index is -0.739. The lowest BCUT2D eigenvalue weighted by Gasteiger charge is -2.14. The highest BCUT2D eigenvalue weighted by molar-refractivity contribution is 6.35. The lowest BCUT2D eigenvalue weighted by Crippen LogP contribution is -2.34. The molecule has 1 N–H and O–H groups in total. The van der Waals surface area contributed by atoms with E-state index in [9.17, 15) is 4.79 Å². The number of amides is 1. The number of ether oxygens (including phenoxy) is 1. The van der Waals surface area contributed by atoms with E-state index in [0.717, 1.165) is 11.3 Å². The number of benzene rings is 2. The predicted molar refractivity (Wildman–Crippen MR) is 97.9 cm³/mol. The van der Waals surface area contributed by atoms with Gasteiger partial charge in [-0.25, -0.2) is 5.43 Å². The molecule has 1 amide bonds. The van der Waals surface area contributed by atoms with Crippen LogP contribution in [-0.4, -0.2) is 17.7 Å². The summed E-state index contributed by atoms with van der Waals surface area (Å²) in [5.74, 6) is 0.0436. The molecule has 0 aliphatic carbocycles. The standard InChI is InChI=1S/C18H18Cl2N2O2/c1-12(10-14-6-4-3-5-7-14)21-22-18(23)13(2)24-17-9-8-15(19)11-16(17)20/h3-9,11,13H,10H2,1-2H3,(H,22,23)/b21-12-/t13-/m1/s1. The number of hydrazone groups is 1. The van der Waals surface area contributed by atoms with Crippen LogP contribution in [0.15, 0.2) is 53.6 Å². The molecular weight excluding hydrogens is 347 g/mol. The lowest BCUT2D eigenvalue weighted by molar-refractivity contribution is -0.127. The largest absolute Gasteiger partial charge is 0.479 e. The van der Waals surface area contributed by atoms with Gasteiger partial charge < -0.3 is 4.74 Å². The fourth-order valence-electron chi connectivity index (χ4n) is 1.99.